The summed E-state index contributed by atoms with van der Waals surface area (Å²) in [6.45, 7) is 9.49. The molecule has 6 nitrogen and oxygen atoms in total. The first-order valence-electron chi connectivity index (χ1n) is 9.39. The minimum Gasteiger partial charge on any atom is -0.497 e. The van der Waals surface area contributed by atoms with Gasteiger partial charge in [0.2, 0.25) is 0 Å². The van der Waals surface area contributed by atoms with Gasteiger partial charge in [-0.2, -0.15) is 0 Å². The number of Topliss-reactive ketones (excluding diaryl/α,β-unsaturated/α-hetero) is 1. The number of thiazole rings is 1. The Balaban J connectivity index is 1.81. The van der Waals surface area contributed by atoms with Crippen LogP contribution in [0.3, 0.4) is 0 Å². The summed E-state index contributed by atoms with van der Waals surface area (Å²) in [6.07, 6.45) is 1.06. The molecule has 1 N–H and O–H groups in total. The van der Waals surface area contributed by atoms with E-state index in [0.717, 1.165) is 72.6 Å². The molecule has 2 heterocycles. The fraction of sp³-hybridized carbons (Fsp3) is 0.500. The van der Waals surface area contributed by atoms with E-state index in [1.165, 1.54) is 11.3 Å². The zero-order chi connectivity index (χ0) is 19.2. The summed E-state index contributed by atoms with van der Waals surface area (Å²) >= 11 is 1.47. The van der Waals surface area contributed by atoms with Gasteiger partial charge in [-0.05, 0) is 31.2 Å². The number of ketones is 1. The van der Waals surface area contributed by atoms with Gasteiger partial charge in [0.15, 0.2) is 10.6 Å². The van der Waals surface area contributed by atoms with Crippen LogP contribution in [-0.4, -0.2) is 50.3 Å². The maximum absolute atomic E-state index is 12.0. The van der Waals surface area contributed by atoms with Gasteiger partial charge >= 0.3 is 0 Å². The minimum absolute atomic E-state index is 0.0984. The van der Waals surface area contributed by atoms with Crippen molar-refractivity contribution >= 4 is 22.8 Å². The van der Waals surface area contributed by atoms with Crippen molar-refractivity contribution in [1.82, 2.24) is 4.57 Å². The Hall–Kier alpha value is -1.96. The molecule has 7 heteroatoms. The Morgan fingerprint density at radius 2 is 2.00 bits per heavy atom. The van der Waals surface area contributed by atoms with E-state index in [2.05, 4.69) is 4.57 Å². The Labute approximate surface area is 164 Å². The van der Waals surface area contributed by atoms with Crippen molar-refractivity contribution in [2.75, 3.05) is 40.0 Å². The second-order valence-corrected chi connectivity index (χ2v) is 7.76. The van der Waals surface area contributed by atoms with Crippen molar-refractivity contribution < 1.29 is 19.2 Å². The molecule has 0 atom stereocenters. The maximum Gasteiger partial charge on any atom is 0.190 e. The number of morpholine rings is 1. The fourth-order valence-corrected chi connectivity index (χ4v) is 4.40. The van der Waals surface area contributed by atoms with Gasteiger partial charge < -0.3 is 18.9 Å². The highest BCUT2D eigenvalue weighted by Crippen LogP contribution is 2.19. The van der Waals surface area contributed by atoms with Crippen LogP contribution in [-0.2, 0) is 11.3 Å². The number of hydrogen-bond acceptors (Lipinski definition) is 5. The number of aromatic nitrogens is 1. The molecule has 3 rings (SSSR count). The molecule has 2 aromatic rings. The van der Waals surface area contributed by atoms with Gasteiger partial charge in [-0.3, -0.25) is 4.79 Å². The molecule has 1 aliphatic heterocycles. The Morgan fingerprint density at radius 3 is 2.63 bits per heavy atom. The number of nitrogens with one attached hydrogen (secondary N) is 1. The fourth-order valence-electron chi connectivity index (χ4n) is 3.32. The van der Waals surface area contributed by atoms with E-state index in [0.29, 0.717) is 0 Å². The number of hydrogen-bond donors (Lipinski definition) is 1. The van der Waals surface area contributed by atoms with Gasteiger partial charge in [0.25, 0.3) is 0 Å². The van der Waals surface area contributed by atoms with Crippen LogP contribution >= 0.6 is 11.3 Å². The summed E-state index contributed by atoms with van der Waals surface area (Å²) < 4.78 is 12.8. The van der Waals surface area contributed by atoms with E-state index >= 15 is 0 Å². The van der Waals surface area contributed by atoms with Crippen LogP contribution in [0.15, 0.2) is 29.3 Å². The number of nitrogens with zero attached hydrogens (tertiary/aromatic N) is 2. The van der Waals surface area contributed by atoms with Crippen LogP contribution in [0.1, 0.15) is 28.7 Å². The van der Waals surface area contributed by atoms with Crippen LogP contribution in [0.2, 0.25) is 0 Å². The largest absolute Gasteiger partial charge is 0.497 e. The first-order chi connectivity index (χ1) is 13.1. The molecule has 146 valence electrons. The SMILES string of the molecule is COc1ccc(N=c2sc(C(C)=O)c(C)n2CCC[NH+]2CCOCC2)cc1. The standard InChI is InChI=1S/C20H27N3O3S/c1-15-19(16(2)24)27-20(21-17-5-7-18(25-3)8-6-17)23(15)10-4-9-22-11-13-26-14-12-22/h5-8H,4,9-14H2,1-3H3/p+1. The maximum atomic E-state index is 12.0. The average Bonchev–Trinajstić information content (AvgIpc) is 2.99. The molecular formula is C20H28N3O3S+. The van der Waals surface area contributed by atoms with E-state index in [1.54, 1.807) is 18.9 Å². The van der Waals surface area contributed by atoms with Gasteiger partial charge in [-0.25, -0.2) is 4.99 Å². The molecule has 1 saturated heterocycles. The topological polar surface area (TPSA) is 57.3 Å². The number of quaternary nitrogens is 1. The summed E-state index contributed by atoms with van der Waals surface area (Å²) in [5.74, 6) is 0.906. The number of methoxy groups -OCH3 is 1. The zero-order valence-electron chi connectivity index (χ0n) is 16.3. The van der Waals surface area contributed by atoms with Crippen molar-refractivity contribution in [3.05, 3.63) is 39.6 Å². The van der Waals surface area contributed by atoms with Gasteiger partial charge in [-0.15, -0.1) is 0 Å². The van der Waals surface area contributed by atoms with Crippen molar-refractivity contribution in [3.8, 4) is 5.75 Å². The molecule has 0 spiro atoms. The van der Waals surface area contributed by atoms with Gasteiger partial charge in [-0.1, -0.05) is 11.3 Å². The summed E-state index contributed by atoms with van der Waals surface area (Å²) in [5.41, 5.74) is 1.87. The minimum atomic E-state index is 0.0984. The highest BCUT2D eigenvalue weighted by atomic mass is 32.1. The average molecular weight is 391 g/mol. The van der Waals surface area contributed by atoms with Crippen LogP contribution in [0, 0.1) is 6.92 Å². The molecule has 1 aromatic heterocycles. The highest BCUT2D eigenvalue weighted by Gasteiger charge is 2.16. The molecule has 1 aromatic carbocycles. The lowest BCUT2D eigenvalue weighted by molar-refractivity contribution is -0.908. The second-order valence-electron chi connectivity index (χ2n) is 6.78. The Kier molecular flexibility index (Phi) is 6.82. The van der Waals surface area contributed by atoms with E-state index < -0.39 is 0 Å². The summed E-state index contributed by atoms with van der Waals surface area (Å²) in [7, 11) is 1.65. The van der Waals surface area contributed by atoms with Crippen molar-refractivity contribution in [2.45, 2.75) is 26.8 Å². The molecule has 0 radical (unpaired) electrons. The number of rotatable bonds is 7. The van der Waals surface area contributed by atoms with Gasteiger partial charge in [0.1, 0.15) is 18.8 Å². The number of benzene rings is 1. The monoisotopic (exact) mass is 390 g/mol. The molecular weight excluding hydrogens is 362 g/mol. The first kappa shape index (κ1) is 19.8. The van der Waals surface area contributed by atoms with Crippen LogP contribution in [0.25, 0.3) is 0 Å². The third-order valence-corrected chi connectivity index (χ3v) is 6.17. The summed E-state index contributed by atoms with van der Waals surface area (Å²) in [5, 5.41) is 0. The Bertz CT molecular complexity index is 833. The number of ether oxygens (including phenoxy) is 2. The molecule has 0 saturated carbocycles. The molecule has 0 aliphatic carbocycles. The van der Waals surface area contributed by atoms with E-state index in [9.17, 15) is 4.79 Å². The third kappa shape index (κ3) is 5.06. The molecule has 1 aliphatic rings. The quantitative estimate of drug-likeness (QED) is 0.731. The van der Waals surface area contributed by atoms with Crippen molar-refractivity contribution in [3.63, 3.8) is 0 Å². The van der Waals surface area contributed by atoms with E-state index in [4.69, 9.17) is 14.5 Å². The highest BCUT2D eigenvalue weighted by molar-refractivity contribution is 7.11. The molecule has 0 amide bonds. The molecule has 0 bridgehead atoms. The summed E-state index contributed by atoms with van der Waals surface area (Å²) in [4.78, 5) is 20.1. The predicted octanol–water partition coefficient (Wildman–Crippen LogP) is 1.61. The number of carbonyl (C=O) groups excluding carboxylic acids is 1. The smallest absolute Gasteiger partial charge is 0.190 e. The lowest BCUT2D eigenvalue weighted by Crippen LogP contribution is -3.14. The lowest BCUT2D eigenvalue weighted by Gasteiger charge is -2.23. The lowest BCUT2D eigenvalue weighted by atomic mass is 10.3. The van der Waals surface area contributed by atoms with Gasteiger partial charge in [0, 0.05) is 25.6 Å². The van der Waals surface area contributed by atoms with Crippen LogP contribution < -0.4 is 14.4 Å². The van der Waals surface area contributed by atoms with Crippen LogP contribution in [0.5, 0.6) is 5.75 Å². The van der Waals surface area contributed by atoms with Gasteiger partial charge in [0.05, 0.1) is 37.4 Å². The van der Waals surface area contributed by atoms with E-state index in [1.807, 2.05) is 31.2 Å². The van der Waals surface area contributed by atoms with Crippen molar-refractivity contribution in [1.29, 1.82) is 0 Å². The number of carbonyl (C=O) groups is 1. The second kappa shape index (κ2) is 9.30. The summed E-state index contributed by atoms with van der Waals surface area (Å²) in [6, 6.07) is 7.67. The van der Waals surface area contributed by atoms with E-state index in [-0.39, 0.29) is 5.78 Å². The Morgan fingerprint density at radius 1 is 1.30 bits per heavy atom. The first-order valence-corrected chi connectivity index (χ1v) is 10.2. The van der Waals surface area contributed by atoms with Crippen molar-refractivity contribution in [2.24, 2.45) is 4.99 Å². The molecule has 27 heavy (non-hydrogen) atoms. The molecule has 1 fully saturated rings. The zero-order valence-corrected chi connectivity index (χ0v) is 17.1. The normalized spacial score (nSPS) is 15.9. The molecule has 0 unspecified atom stereocenters. The predicted molar refractivity (Wildman–Crippen MR) is 106 cm³/mol. The van der Waals surface area contributed by atoms with Crippen LogP contribution in [0.4, 0.5) is 5.69 Å². The third-order valence-electron chi connectivity index (χ3n) is 4.89.